The third-order valence-electron chi connectivity index (χ3n) is 3.87. The number of nitrogens with zero attached hydrogens (tertiary/aromatic N) is 2. The zero-order chi connectivity index (χ0) is 15.1. The van der Waals surface area contributed by atoms with Gasteiger partial charge in [-0.2, -0.15) is 0 Å². The van der Waals surface area contributed by atoms with E-state index >= 15 is 0 Å². The van der Waals surface area contributed by atoms with Gasteiger partial charge in [0.15, 0.2) is 4.77 Å². The second-order valence-corrected chi connectivity index (χ2v) is 5.39. The SMILES string of the molecule is COc1cccc2c1[nH]c(=S)n2C1CCC(=O)N(C)C1=O. The van der Waals surface area contributed by atoms with Crippen molar-refractivity contribution in [2.45, 2.75) is 18.9 Å². The molecule has 1 saturated heterocycles. The van der Waals surface area contributed by atoms with Gasteiger partial charge in [-0.15, -0.1) is 0 Å². The summed E-state index contributed by atoms with van der Waals surface area (Å²) in [5.74, 6) is 0.288. The molecule has 0 radical (unpaired) electrons. The molecule has 1 atom stereocenters. The molecule has 3 rings (SSSR count). The second-order valence-electron chi connectivity index (χ2n) is 5.00. The number of aromatic nitrogens is 2. The number of methoxy groups -OCH3 is 1. The molecule has 0 saturated carbocycles. The first kappa shape index (κ1) is 13.8. The number of piperidine rings is 1. The summed E-state index contributed by atoms with van der Waals surface area (Å²) >= 11 is 5.36. The molecule has 1 aliphatic rings. The normalized spacial score (nSPS) is 19.3. The van der Waals surface area contributed by atoms with Crippen LogP contribution in [0, 0.1) is 4.77 Å². The van der Waals surface area contributed by atoms with Crippen LogP contribution in [-0.2, 0) is 9.59 Å². The van der Waals surface area contributed by atoms with E-state index in [4.69, 9.17) is 17.0 Å². The van der Waals surface area contributed by atoms with Crippen molar-refractivity contribution in [2.75, 3.05) is 14.2 Å². The summed E-state index contributed by atoms with van der Waals surface area (Å²) in [5.41, 5.74) is 1.57. The Bertz CT molecular complexity index is 792. The van der Waals surface area contributed by atoms with Crippen LogP contribution in [0.3, 0.4) is 0 Å². The first-order valence-electron chi connectivity index (χ1n) is 6.62. The molecule has 1 aromatic heterocycles. The van der Waals surface area contributed by atoms with E-state index in [-0.39, 0.29) is 11.8 Å². The Morgan fingerprint density at radius 2 is 2.14 bits per heavy atom. The number of likely N-dealkylation sites (N-methyl/N-ethyl adjacent to an activating group) is 1. The minimum Gasteiger partial charge on any atom is -0.494 e. The number of aromatic amines is 1. The summed E-state index contributed by atoms with van der Waals surface area (Å²) in [7, 11) is 3.09. The van der Waals surface area contributed by atoms with Gasteiger partial charge < -0.3 is 14.3 Å². The van der Waals surface area contributed by atoms with E-state index in [1.807, 2.05) is 18.2 Å². The molecule has 2 amide bonds. The number of hydrogen-bond acceptors (Lipinski definition) is 4. The molecule has 6 nitrogen and oxygen atoms in total. The van der Waals surface area contributed by atoms with Crippen LogP contribution >= 0.6 is 12.2 Å². The predicted molar refractivity (Wildman–Crippen MR) is 79.7 cm³/mol. The highest BCUT2D eigenvalue weighted by molar-refractivity contribution is 7.71. The number of carbonyl (C=O) groups excluding carboxylic acids is 2. The molecule has 1 fully saturated rings. The summed E-state index contributed by atoms with van der Waals surface area (Å²) in [6, 6.07) is 5.10. The van der Waals surface area contributed by atoms with Gasteiger partial charge in [-0.25, -0.2) is 0 Å². The zero-order valence-electron chi connectivity index (χ0n) is 11.8. The van der Waals surface area contributed by atoms with Gasteiger partial charge in [-0.1, -0.05) is 6.07 Å². The molecule has 21 heavy (non-hydrogen) atoms. The van der Waals surface area contributed by atoms with Crippen LogP contribution in [-0.4, -0.2) is 40.4 Å². The van der Waals surface area contributed by atoms with Crippen molar-refractivity contribution in [3.63, 3.8) is 0 Å². The van der Waals surface area contributed by atoms with Crippen LogP contribution in [0.15, 0.2) is 18.2 Å². The van der Waals surface area contributed by atoms with Gasteiger partial charge in [0, 0.05) is 13.5 Å². The lowest BCUT2D eigenvalue weighted by Crippen LogP contribution is -2.43. The summed E-state index contributed by atoms with van der Waals surface area (Å²) in [6.45, 7) is 0. The molecule has 1 N–H and O–H groups in total. The third-order valence-corrected chi connectivity index (χ3v) is 4.17. The fraction of sp³-hybridized carbons (Fsp3) is 0.357. The van der Waals surface area contributed by atoms with Crippen molar-refractivity contribution in [2.24, 2.45) is 0 Å². The quantitative estimate of drug-likeness (QED) is 0.681. The molecule has 0 spiro atoms. The van der Waals surface area contributed by atoms with Crippen LogP contribution in [0.5, 0.6) is 5.75 Å². The van der Waals surface area contributed by atoms with Gasteiger partial charge in [-0.05, 0) is 30.8 Å². The highest BCUT2D eigenvalue weighted by Crippen LogP contribution is 2.31. The predicted octanol–water partition coefficient (Wildman–Crippen LogP) is 2.03. The largest absolute Gasteiger partial charge is 0.494 e. The number of benzene rings is 1. The second kappa shape index (κ2) is 5.00. The Balaban J connectivity index is 2.17. The van der Waals surface area contributed by atoms with Gasteiger partial charge in [0.25, 0.3) is 5.91 Å². The van der Waals surface area contributed by atoms with Crippen LogP contribution in [0.2, 0.25) is 0 Å². The number of imidazole rings is 1. The van der Waals surface area contributed by atoms with E-state index in [9.17, 15) is 9.59 Å². The number of hydrogen-bond donors (Lipinski definition) is 1. The van der Waals surface area contributed by atoms with Gasteiger partial charge in [0.2, 0.25) is 5.91 Å². The van der Waals surface area contributed by atoms with E-state index in [1.165, 1.54) is 11.9 Å². The molecule has 1 unspecified atom stereocenters. The Labute approximate surface area is 126 Å². The van der Waals surface area contributed by atoms with E-state index in [1.54, 1.807) is 11.7 Å². The van der Waals surface area contributed by atoms with E-state index in [2.05, 4.69) is 4.98 Å². The van der Waals surface area contributed by atoms with E-state index < -0.39 is 6.04 Å². The number of rotatable bonds is 2. The standard InChI is InChI=1S/C14H15N3O3S/c1-16-11(18)7-6-9(13(16)19)17-8-4-3-5-10(20-2)12(8)15-14(17)21/h3-5,9H,6-7H2,1-2H3,(H,15,21). The number of carbonyl (C=O) groups is 2. The van der Waals surface area contributed by atoms with Crippen molar-refractivity contribution in [1.29, 1.82) is 0 Å². The van der Waals surface area contributed by atoms with Crippen molar-refractivity contribution in [3.05, 3.63) is 23.0 Å². The van der Waals surface area contributed by atoms with Crippen LogP contribution in [0.25, 0.3) is 11.0 Å². The molecular weight excluding hydrogens is 290 g/mol. The first-order valence-corrected chi connectivity index (χ1v) is 7.03. The molecule has 0 aliphatic carbocycles. The van der Waals surface area contributed by atoms with Gasteiger partial charge in [0.05, 0.1) is 12.6 Å². The molecule has 1 aliphatic heterocycles. The van der Waals surface area contributed by atoms with Gasteiger partial charge in [-0.3, -0.25) is 14.5 Å². The van der Waals surface area contributed by atoms with E-state index in [0.29, 0.717) is 23.4 Å². The lowest BCUT2D eigenvalue weighted by Gasteiger charge is -2.28. The molecule has 7 heteroatoms. The molecule has 2 aromatic rings. The Hall–Kier alpha value is -2.15. The first-order chi connectivity index (χ1) is 10.0. The fourth-order valence-corrected chi connectivity index (χ4v) is 3.07. The summed E-state index contributed by atoms with van der Waals surface area (Å²) in [6.07, 6.45) is 0.797. The van der Waals surface area contributed by atoms with Crippen molar-refractivity contribution in [3.8, 4) is 5.75 Å². The lowest BCUT2D eigenvalue weighted by molar-refractivity contribution is -0.149. The molecule has 1 aromatic carbocycles. The topological polar surface area (TPSA) is 67.3 Å². The van der Waals surface area contributed by atoms with Crippen LogP contribution < -0.4 is 4.74 Å². The Morgan fingerprint density at radius 3 is 2.86 bits per heavy atom. The lowest BCUT2D eigenvalue weighted by atomic mass is 10.0. The summed E-state index contributed by atoms with van der Waals surface area (Å²) < 4.78 is 7.54. The minimum absolute atomic E-state index is 0.153. The van der Waals surface area contributed by atoms with Crippen LogP contribution in [0.4, 0.5) is 0 Å². The maximum Gasteiger partial charge on any atom is 0.252 e. The van der Waals surface area contributed by atoms with Crippen molar-refractivity contribution in [1.82, 2.24) is 14.5 Å². The molecule has 2 heterocycles. The maximum absolute atomic E-state index is 12.4. The number of H-pyrrole nitrogens is 1. The smallest absolute Gasteiger partial charge is 0.252 e. The maximum atomic E-state index is 12.4. The number of para-hydroxylation sites is 1. The summed E-state index contributed by atoms with van der Waals surface area (Å²) in [4.78, 5) is 28.3. The van der Waals surface area contributed by atoms with Crippen molar-refractivity contribution < 1.29 is 14.3 Å². The fourth-order valence-electron chi connectivity index (χ4n) is 2.74. The molecule has 110 valence electrons. The van der Waals surface area contributed by atoms with E-state index in [0.717, 1.165) is 11.0 Å². The Morgan fingerprint density at radius 1 is 1.38 bits per heavy atom. The number of fused-ring (bicyclic) bond motifs is 1. The number of nitrogens with one attached hydrogen (secondary N) is 1. The average molecular weight is 305 g/mol. The number of likely N-dealkylation sites (tertiary alicyclic amines) is 1. The van der Waals surface area contributed by atoms with Crippen molar-refractivity contribution >= 4 is 35.1 Å². The minimum atomic E-state index is -0.457. The third kappa shape index (κ3) is 2.04. The monoisotopic (exact) mass is 305 g/mol. The number of imide groups is 1. The highest BCUT2D eigenvalue weighted by Gasteiger charge is 2.34. The average Bonchev–Trinajstić information content (AvgIpc) is 2.81. The number of amides is 2. The van der Waals surface area contributed by atoms with Crippen LogP contribution in [0.1, 0.15) is 18.9 Å². The highest BCUT2D eigenvalue weighted by atomic mass is 32.1. The molecule has 0 bridgehead atoms. The van der Waals surface area contributed by atoms with Gasteiger partial charge in [0.1, 0.15) is 17.3 Å². The summed E-state index contributed by atoms with van der Waals surface area (Å²) in [5, 5.41) is 0. The molecular formula is C14H15N3O3S. The zero-order valence-corrected chi connectivity index (χ0v) is 12.6. The van der Waals surface area contributed by atoms with Gasteiger partial charge >= 0.3 is 0 Å². The number of ether oxygens (including phenoxy) is 1. The Kier molecular flexibility index (Phi) is 3.29.